The van der Waals surface area contributed by atoms with E-state index in [9.17, 15) is 22.4 Å². The maximum Gasteiger partial charge on any atom is 0.264 e. The zero-order valence-corrected chi connectivity index (χ0v) is 24.8. The van der Waals surface area contributed by atoms with E-state index in [0.29, 0.717) is 27.6 Å². The molecule has 4 aromatic carbocycles. The minimum Gasteiger partial charge on any atom is -0.484 e. The van der Waals surface area contributed by atoms with Crippen molar-refractivity contribution in [2.75, 3.05) is 22.8 Å². The third-order valence-corrected chi connectivity index (χ3v) is 8.13. The van der Waals surface area contributed by atoms with Crippen LogP contribution in [0.5, 0.6) is 5.75 Å². The van der Waals surface area contributed by atoms with Crippen molar-refractivity contribution in [1.82, 2.24) is 5.43 Å². The summed E-state index contributed by atoms with van der Waals surface area (Å²) in [7, 11) is -4.11. The van der Waals surface area contributed by atoms with Gasteiger partial charge in [-0.05, 0) is 97.8 Å². The van der Waals surface area contributed by atoms with Crippen LogP contribution in [0.2, 0.25) is 5.02 Å². The molecule has 222 valence electrons. The second kappa shape index (κ2) is 14.0. The van der Waals surface area contributed by atoms with E-state index >= 15 is 0 Å². The number of hydrogen-bond acceptors (Lipinski definition) is 6. The number of amides is 2. The van der Waals surface area contributed by atoms with Gasteiger partial charge in [-0.1, -0.05) is 35.4 Å². The van der Waals surface area contributed by atoms with Crippen molar-refractivity contribution in [2.24, 2.45) is 5.10 Å². The summed E-state index contributed by atoms with van der Waals surface area (Å²) in [4.78, 5) is 24.9. The van der Waals surface area contributed by atoms with Crippen LogP contribution in [0.25, 0.3) is 0 Å². The van der Waals surface area contributed by atoms with Crippen LogP contribution in [0.15, 0.2) is 101 Å². The van der Waals surface area contributed by atoms with Gasteiger partial charge in [-0.2, -0.15) is 5.10 Å². The number of carbonyl (C=O) groups excluding carboxylic acids is 2. The molecule has 4 aromatic rings. The molecule has 4 rings (SSSR count). The predicted octanol–water partition coefficient (Wildman–Crippen LogP) is 5.46. The van der Waals surface area contributed by atoms with Gasteiger partial charge >= 0.3 is 0 Å². The number of nitrogens with zero attached hydrogens (tertiary/aromatic N) is 2. The normalized spacial score (nSPS) is 11.3. The van der Waals surface area contributed by atoms with Gasteiger partial charge < -0.3 is 10.1 Å². The first-order chi connectivity index (χ1) is 20.5. The fraction of sp³-hybridized carbons (Fsp3) is 0.129. The molecule has 9 nitrogen and oxygen atoms in total. The molecule has 0 aliphatic carbocycles. The summed E-state index contributed by atoms with van der Waals surface area (Å²) in [5.74, 6) is -1.06. The summed E-state index contributed by atoms with van der Waals surface area (Å²) in [6, 6.07) is 23.1. The van der Waals surface area contributed by atoms with E-state index in [4.69, 9.17) is 16.3 Å². The van der Waals surface area contributed by atoms with Gasteiger partial charge in [0, 0.05) is 10.7 Å². The quantitative estimate of drug-likeness (QED) is 0.170. The fourth-order valence-electron chi connectivity index (χ4n) is 3.86. The van der Waals surface area contributed by atoms with E-state index in [-0.39, 0.29) is 17.2 Å². The molecule has 0 unspecified atom stereocenters. The van der Waals surface area contributed by atoms with Crippen LogP contribution in [0.4, 0.5) is 15.8 Å². The Morgan fingerprint density at radius 3 is 2.28 bits per heavy atom. The Kier molecular flexibility index (Phi) is 10.1. The maximum absolute atomic E-state index is 13.6. The van der Waals surface area contributed by atoms with Crippen molar-refractivity contribution in [3.63, 3.8) is 0 Å². The lowest BCUT2D eigenvalue weighted by atomic mass is 10.2. The molecule has 0 aliphatic heterocycles. The van der Waals surface area contributed by atoms with E-state index in [0.717, 1.165) is 9.87 Å². The van der Waals surface area contributed by atoms with Crippen LogP contribution in [-0.2, 0) is 19.6 Å². The van der Waals surface area contributed by atoms with Gasteiger partial charge in [0.25, 0.3) is 21.8 Å². The summed E-state index contributed by atoms with van der Waals surface area (Å²) in [6.45, 7) is 2.78. The van der Waals surface area contributed by atoms with Gasteiger partial charge in [0.1, 0.15) is 18.1 Å². The number of aryl methyl sites for hydroxylation is 2. The molecule has 12 heteroatoms. The second-order valence-electron chi connectivity index (χ2n) is 9.46. The second-order valence-corrected chi connectivity index (χ2v) is 11.8. The topological polar surface area (TPSA) is 117 Å². The Balaban J connectivity index is 1.37. The average Bonchev–Trinajstić information content (AvgIpc) is 2.98. The van der Waals surface area contributed by atoms with Gasteiger partial charge in [0.2, 0.25) is 0 Å². The Hall–Kier alpha value is -4.74. The number of benzene rings is 4. The van der Waals surface area contributed by atoms with Crippen molar-refractivity contribution in [3.05, 3.63) is 119 Å². The first kappa shape index (κ1) is 31.2. The maximum atomic E-state index is 13.6. The standard InChI is InChI=1S/C31H28ClFN4O5S/c1-21-3-15-28(16-4-21)43(40,41)37(29-17-24(32)8-5-22(29)2)19-30(38)36-34-18-23-6-13-27(14-7-23)42-20-31(39)35-26-11-9-25(33)10-12-26/h3-18H,19-20H2,1-2H3,(H,35,39)(H,36,38)/b34-18+. The van der Waals surface area contributed by atoms with Crippen LogP contribution in [-0.4, -0.2) is 39.6 Å². The monoisotopic (exact) mass is 622 g/mol. The number of hydrazone groups is 1. The third-order valence-electron chi connectivity index (χ3n) is 6.12. The van der Waals surface area contributed by atoms with Crippen molar-refractivity contribution in [2.45, 2.75) is 18.7 Å². The van der Waals surface area contributed by atoms with Gasteiger partial charge in [-0.3, -0.25) is 13.9 Å². The van der Waals surface area contributed by atoms with E-state index in [1.807, 2.05) is 6.92 Å². The number of halogens is 2. The molecule has 2 N–H and O–H groups in total. The Bertz CT molecular complexity index is 1730. The lowest BCUT2D eigenvalue weighted by Crippen LogP contribution is -2.40. The summed E-state index contributed by atoms with van der Waals surface area (Å²) < 4.78 is 46.6. The van der Waals surface area contributed by atoms with Crippen molar-refractivity contribution >= 4 is 51.0 Å². The highest BCUT2D eigenvalue weighted by Gasteiger charge is 2.28. The van der Waals surface area contributed by atoms with Crippen LogP contribution < -0.4 is 19.8 Å². The molecule has 0 bridgehead atoms. The molecule has 0 atom stereocenters. The smallest absolute Gasteiger partial charge is 0.264 e. The Morgan fingerprint density at radius 1 is 0.930 bits per heavy atom. The molecular weight excluding hydrogens is 595 g/mol. The number of carbonyl (C=O) groups is 2. The molecular formula is C31H28ClFN4O5S. The highest BCUT2D eigenvalue weighted by atomic mass is 35.5. The first-order valence-electron chi connectivity index (χ1n) is 13.0. The summed E-state index contributed by atoms with van der Waals surface area (Å²) >= 11 is 6.16. The van der Waals surface area contributed by atoms with Crippen LogP contribution in [0, 0.1) is 19.7 Å². The molecule has 0 saturated heterocycles. The van der Waals surface area contributed by atoms with Gasteiger partial charge in [0.15, 0.2) is 6.61 Å². The number of hydrogen-bond donors (Lipinski definition) is 2. The summed E-state index contributed by atoms with van der Waals surface area (Å²) in [6.07, 6.45) is 1.38. The van der Waals surface area contributed by atoms with Crippen LogP contribution in [0.3, 0.4) is 0 Å². The SMILES string of the molecule is Cc1ccc(S(=O)(=O)N(CC(=O)N/N=C/c2ccc(OCC(=O)Nc3ccc(F)cc3)cc2)c2cc(Cl)ccc2C)cc1. The first-order valence-corrected chi connectivity index (χ1v) is 14.8. The largest absolute Gasteiger partial charge is 0.484 e. The fourth-order valence-corrected chi connectivity index (χ4v) is 5.51. The van der Waals surface area contributed by atoms with Crippen molar-refractivity contribution in [1.29, 1.82) is 0 Å². The molecule has 0 radical (unpaired) electrons. The van der Waals surface area contributed by atoms with Crippen molar-refractivity contribution < 1.29 is 27.1 Å². The Labute approximate surface area is 254 Å². The summed E-state index contributed by atoms with van der Waals surface area (Å²) in [5.41, 5.74) is 5.20. The molecule has 0 spiro atoms. The highest BCUT2D eigenvalue weighted by molar-refractivity contribution is 7.92. The van der Waals surface area contributed by atoms with E-state index in [2.05, 4.69) is 15.8 Å². The van der Waals surface area contributed by atoms with Gasteiger partial charge in [-0.15, -0.1) is 0 Å². The third kappa shape index (κ3) is 8.63. The molecule has 43 heavy (non-hydrogen) atoms. The van der Waals surface area contributed by atoms with Gasteiger partial charge in [-0.25, -0.2) is 18.2 Å². The summed E-state index contributed by atoms with van der Waals surface area (Å²) in [5, 5.41) is 6.87. The lowest BCUT2D eigenvalue weighted by molar-refractivity contribution is -0.119. The zero-order valence-electron chi connectivity index (χ0n) is 23.3. The van der Waals surface area contributed by atoms with E-state index in [1.165, 1.54) is 48.7 Å². The van der Waals surface area contributed by atoms with Crippen LogP contribution >= 0.6 is 11.6 Å². The van der Waals surface area contributed by atoms with E-state index in [1.54, 1.807) is 55.5 Å². The highest BCUT2D eigenvalue weighted by Crippen LogP contribution is 2.29. The number of nitrogens with one attached hydrogen (secondary N) is 2. The van der Waals surface area contributed by atoms with Crippen molar-refractivity contribution in [3.8, 4) is 5.75 Å². The molecule has 0 aromatic heterocycles. The zero-order chi connectivity index (χ0) is 31.0. The molecule has 0 aliphatic rings. The van der Waals surface area contributed by atoms with E-state index < -0.39 is 34.2 Å². The minimum absolute atomic E-state index is 0.0315. The van der Waals surface area contributed by atoms with Crippen LogP contribution in [0.1, 0.15) is 16.7 Å². The predicted molar refractivity (Wildman–Crippen MR) is 165 cm³/mol. The Morgan fingerprint density at radius 2 is 1.60 bits per heavy atom. The molecule has 2 amide bonds. The number of ether oxygens (including phenoxy) is 1. The number of sulfonamides is 1. The van der Waals surface area contributed by atoms with Gasteiger partial charge in [0.05, 0.1) is 16.8 Å². The molecule has 0 fully saturated rings. The molecule has 0 heterocycles. The number of anilines is 2. The lowest BCUT2D eigenvalue weighted by Gasteiger charge is -2.25. The minimum atomic E-state index is -4.11. The molecule has 0 saturated carbocycles. The number of rotatable bonds is 11. The average molecular weight is 623 g/mol.